The molecule has 4 aliphatic rings. The van der Waals surface area contributed by atoms with Gasteiger partial charge in [0.05, 0.1) is 18.6 Å². The summed E-state index contributed by atoms with van der Waals surface area (Å²) in [7, 11) is 0. The minimum atomic E-state index is -2.66. The van der Waals surface area contributed by atoms with E-state index >= 15 is 0 Å². The summed E-state index contributed by atoms with van der Waals surface area (Å²) >= 11 is 0. The number of hydrogen-bond acceptors (Lipinski definition) is 7. The molecule has 0 aliphatic carbocycles. The van der Waals surface area contributed by atoms with Crippen molar-refractivity contribution in [1.29, 1.82) is 10.8 Å². The molecule has 3 amide bonds. The molecule has 3 unspecified atom stereocenters. The van der Waals surface area contributed by atoms with Gasteiger partial charge in [0.2, 0.25) is 17.6 Å². The molecule has 0 radical (unpaired) electrons. The van der Waals surface area contributed by atoms with Crippen molar-refractivity contribution in [2.45, 2.75) is 42.4 Å². The van der Waals surface area contributed by atoms with Gasteiger partial charge in [0.25, 0.3) is 5.91 Å². The first-order valence-corrected chi connectivity index (χ1v) is 12.6. The van der Waals surface area contributed by atoms with Crippen LogP contribution in [0.25, 0.3) is 11.1 Å². The van der Waals surface area contributed by atoms with E-state index in [2.05, 4.69) is 21.3 Å². The number of guanidine groups is 2. The molecule has 0 aromatic heterocycles. The molecule has 8 N–H and O–H groups in total. The van der Waals surface area contributed by atoms with Gasteiger partial charge in [-0.05, 0) is 23.3 Å². The van der Waals surface area contributed by atoms with Gasteiger partial charge in [0.15, 0.2) is 17.6 Å². The van der Waals surface area contributed by atoms with Gasteiger partial charge in [-0.1, -0.05) is 42.5 Å². The van der Waals surface area contributed by atoms with Crippen LogP contribution < -0.4 is 21.3 Å². The summed E-state index contributed by atoms with van der Waals surface area (Å²) in [4.78, 5) is 40.3. The standard InChI is InChI=1S/C26H28N8O5/c27-23-31-21-17(12-33-19(35)9-10-20(33)36)29-24(28)34-13-18(26(38,39)25(21,34)32-23)30-22(37)16-8-4-7-15(11-16)14-5-2-1-3-6-14/h1-8,11,17-18,21,38-39H,9-10,12-13H2,(H2,28,29)(H,30,37)(H3,27,31,32)/t17-,18?,21?,25?/m0/s1. The van der Waals surface area contributed by atoms with Gasteiger partial charge in [0, 0.05) is 24.9 Å². The number of imide groups is 1. The third-order valence-corrected chi connectivity index (χ3v) is 7.97. The molecule has 4 atom stereocenters. The van der Waals surface area contributed by atoms with Gasteiger partial charge in [0.1, 0.15) is 6.04 Å². The lowest BCUT2D eigenvalue weighted by molar-refractivity contribution is -0.232. The minimum Gasteiger partial charge on any atom is -0.361 e. The van der Waals surface area contributed by atoms with Gasteiger partial charge in [-0.15, -0.1) is 0 Å². The molecule has 4 saturated heterocycles. The Morgan fingerprint density at radius 3 is 2.41 bits per heavy atom. The van der Waals surface area contributed by atoms with E-state index in [1.165, 1.54) is 4.90 Å². The van der Waals surface area contributed by atoms with E-state index in [1.54, 1.807) is 18.2 Å². The van der Waals surface area contributed by atoms with Crippen LogP contribution in [-0.4, -0.2) is 92.3 Å². The maximum Gasteiger partial charge on any atom is 0.251 e. The summed E-state index contributed by atoms with van der Waals surface area (Å²) in [5, 5.41) is 51.3. The van der Waals surface area contributed by atoms with Crippen molar-refractivity contribution < 1.29 is 24.6 Å². The molecule has 4 aliphatic heterocycles. The van der Waals surface area contributed by atoms with Crippen LogP contribution in [0, 0.1) is 10.8 Å². The summed E-state index contributed by atoms with van der Waals surface area (Å²) in [6.45, 7) is -0.280. The van der Waals surface area contributed by atoms with E-state index in [4.69, 9.17) is 10.8 Å². The number of nitrogens with one attached hydrogen (secondary N) is 6. The normalized spacial score (nSPS) is 28.9. The Morgan fingerprint density at radius 2 is 1.69 bits per heavy atom. The summed E-state index contributed by atoms with van der Waals surface area (Å²) < 4.78 is 0. The van der Waals surface area contributed by atoms with Crippen LogP contribution in [0.1, 0.15) is 23.2 Å². The first-order valence-electron chi connectivity index (χ1n) is 12.6. The topological polar surface area (TPSA) is 194 Å². The molecule has 4 fully saturated rings. The number of aliphatic hydroxyl groups is 2. The SMILES string of the molecule is N=C1NC2[C@H](CN3C(=O)CCC3=O)NC(=N)N3CC(NC(=O)c4cccc(-c5ccccc5)c4)C(O)(O)C23N1. The molecule has 13 heteroatoms. The second-order valence-electron chi connectivity index (χ2n) is 10.2. The van der Waals surface area contributed by atoms with Crippen molar-refractivity contribution in [2.75, 3.05) is 13.1 Å². The highest BCUT2D eigenvalue weighted by Gasteiger charge is 2.74. The third-order valence-electron chi connectivity index (χ3n) is 7.97. The second-order valence-corrected chi connectivity index (χ2v) is 10.2. The van der Waals surface area contributed by atoms with Crippen LogP contribution in [0.5, 0.6) is 0 Å². The third kappa shape index (κ3) is 3.72. The molecule has 0 bridgehead atoms. The number of nitrogens with zero attached hydrogens (tertiary/aromatic N) is 2. The average Bonchev–Trinajstić information content (AvgIpc) is 3.52. The van der Waals surface area contributed by atoms with Gasteiger partial charge in [-0.25, -0.2) is 0 Å². The number of amides is 3. The highest BCUT2D eigenvalue weighted by Crippen LogP contribution is 2.43. The molecule has 1 spiro atoms. The fourth-order valence-electron chi connectivity index (χ4n) is 6.07. The van der Waals surface area contributed by atoms with E-state index in [9.17, 15) is 24.6 Å². The molecule has 0 saturated carbocycles. The predicted octanol–water partition coefficient (Wildman–Crippen LogP) is -1.30. The lowest BCUT2D eigenvalue weighted by Gasteiger charge is -2.51. The number of likely N-dealkylation sites (tertiary alicyclic amines) is 1. The Morgan fingerprint density at radius 1 is 1.00 bits per heavy atom. The fourth-order valence-corrected chi connectivity index (χ4v) is 6.07. The zero-order valence-corrected chi connectivity index (χ0v) is 20.8. The van der Waals surface area contributed by atoms with Crippen molar-refractivity contribution in [3.05, 3.63) is 60.2 Å². The molecular formula is C26H28N8O5. The summed E-state index contributed by atoms with van der Waals surface area (Å²) in [5.41, 5.74) is 0.228. The molecule has 39 heavy (non-hydrogen) atoms. The van der Waals surface area contributed by atoms with Crippen molar-refractivity contribution in [3.8, 4) is 11.1 Å². The molecule has 13 nitrogen and oxygen atoms in total. The minimum absolute atomic E-state index is 0.0932. The number of benzene rings is 2. The second kappa shape index (κ2) is 8.78. The Labute approximate surface area is 223 Å². The van der Waals surface area contributed by atoms with Crippen LogP contribution in [-0.2, 0) is 9.59 Å². The number of carbonyl (C=O) groups is 3. The van der Waals surface area contributed by atoms with Crippen molar-refractivity contribution >= 4 is 29.6 Å². The van der Waals surface area contributed by atoms with E-state index < -0.39 is 35.5 Å². The van der Waals surface area contributed by atoms with Crippen LogP contribution >= 0.6 is 0 Å². The highest BCUT2D eigenvalue weighted by atomic mass is 16.5. The van der Waals surface area contributed by atoms with Crippen LogP contribution in [0.2, 0.25) is 0 Å². The van der Waals surface area contributed by atoms with Gasteiger partial charge in [-0.2, -0.15) is 0 Å². The molecule has 2 aromatic rings. The molecule has 2 aromatic carbocycles. The summed E-state index contributed by atoms with van der Waals surface area (Å²) in [5.74, 6) is -4.32. The zero-order valence-electron chi connectivity index (χ0n) is 20.8. The van der Waals surface area contributed by atoms with Crippen molar-refractivity contribution in [2.24, 2.45) is 0 Å². The Kier molecular flexibility index (Phi) is 5.59. The average molecular weight is 533 g/mol. The van der Waals surface area contributed by atoms with Crippen molar-refractivity contribution in [1.82, 2.24) is 31.1 Å². The van der Waals surface area contributed by atoms with Gasteiger partial charge in [-0.3, -0.25) is 30.1 Å². The zero-order chi connectivity index (χ0) is 27.5. The predicted molar refractivity (Wildman–Crippen MR) is 138 cm³/mol. The molecule has 6 rings (SSSR count). The van der Waals surface area contributed by atoms with Crippen molar-refractivity contribution in [3.63, 3.8) is 0 Å². The number of rotatable bonds is 5. The number of carbonyl (C=O) groups excluding carboxylic acids is 3. The van der Waals surface area contributed by atoms with E-state index in [0.29, 0.717) is 5.56 Å². The monoisotopic (exact) mass is 532 g/mol. The van der Waals surface area contributed by atoms with E-state index in [-0.39, 0.29) is 49.7 Å². The Balaban J connectivity index is 1.28. The van der Waals surface area contributed by atoms with Crippen LogP contribution in [0.3, 0.4) is 0 Å². The van der Waals surface area contributed by atoms with E-state index in [0.717, 1.165) is 16.0 Å². The number of hydrogen-bond donors (Lipinski definition) is 8. The van der Waals surface area contributed by atoms with Crippen LogP contribution in [0.4, 0.5) is 0 Å². The Bertz CT molecular complexity index is 1380. The highest BCUT2D eigenvalue weighted by molar-refractivity contribution is 6.02. The first-order chi connectivity index (χ1) is 18.6. The largest absolute Gasteiger partial charge is 0.361 e. The maximum absolute atomic E-state index is 13.3. The molecule has 4 heterocycles. The van der Waals surface area contributed by atoms with Gasteiger partial charge >= 0.3 is 0 Å². The fraction of sp³-hybridized carbons (Fsp3) is 0.346. The molecule has 202 valence electrons. The molecular weight excluding hydrogens is 504 g/mol. The smallest absolute Gasteiger partial charge is 0.251 e. The lowest BCUT2D eigenvalue weighted by Crippen LogP contribution is -2.81. The summed E-state index contributed by atoms with van der Waals surface area (Å²) in [6.07, 6.45) is 0.186. The van der Waals surface area contributed by atoms with Gasteiger partial charge < -0.3 is 36.4 Å². The van der Waals surface area contributed by atoms with Crippen LogP contribution in [0.15, 0.2) is 54.6 Å². The maximum atomic E-state index is 13.3. The Hall–Kier alpha value is -4.49. The lowest BCUT2D eigenvalue weighted by atomic mass is 9.84. The first kappa shape index (κ1) is 24.8. The summed E-state index contributed by atoms with van der Waals surface area (Å²) in [6, 6.07) is 13.4. The quantitative estimate of drug-likeness (QED) is 0.171. The van der Waals surface area contributed by atoms with E-state index in [1.807, 2.05) is 36.4 Å².